The molecule has 0 aromatic carbocycles. The standard InChI is InChI=1S/C12H21N/c1-11-7-3-2-4-8-12(11)13-9-5-6-10-13/h2-10H2,1H3. The molecule has 1 fully saturated rings. The molecule has 13 heavy (non-hydrogen) atoms. The van der Waals surface area contributed by atoms with Gasteiger partial charge >= 0.3 is 0 Å². The van der Waals surface area contributed by atoms with E-state index in [9.17, 15) is 0 Å². The van der Waals surface area contributed by atoms with Crippen molar-refractivity contribution in [2.24, 2.45) is 0 Å². The van der Waals surface area contributed by atoms with Gasteiger partial charge < -0.3 is 4.90 Å². The van der Waals surface area contributed by atoms with Gasteiger partial charge in [0.15, 0.2) is 0 Å². The summed E-state index contributed by atoms with van der Waals surface area (Å²) in [5.74, 6) is 0. The van der Waals surface area contributed by atoms with E-state index in [2.05, 4.69) is 11.8 Å². The molecule has 2 aliphatic rings. The van der Waals surface area contributed by atoms with Crippen molar-refractivity contribution in [3.8, 4) is 0 Å². The second kappa shape index (κ2) is 4.17. The Balaban J connectivity index is 2.07. The van der Waals surface area contributed by atoms with Gasteiger partial charge in [-0.2, -0.15) is 0 Å². The molecule has 0 amide bonds. The van der Waals surface area contributed by atoms with Crippen LogP contribution in [-0.2, 0) is 0 Å². The number of nitrogens with zero attached hydrogens (tertiary/aromatic N) is 1. The lowest BCUT2D eigenvalue weighted by Gasteiger charge is -2.23. The summed E-state index contributed by atoms with van der Waals surface area (Å²) in [5, 5.41) is 0. The molecular weight excluding hydrogens is 158 g/mol. The summed E-state index contributed by atoms with van der Waals surface area (Å²) in [6.07, 6.45) is 9.81. The first-order valence-corrected chi connectivity index (χ1v) is 5.81. The molecule has 1 saturated heterocycles. The van der Waals surface area contributed by atoms with Crippen LogP contribution in [0, 0.1) is 0 Å². The monoisotopic (exact) mass is 179 g/mol. The number of rotatable bonds is 1. The molecule has 0 radical (unpaired) electrons. The summed E-state index contributed by atoms with van der Waals surface area (Å²) < 4.78 is 0. The van der Waals surface area contributed by atoms with E-state index in [-0.39, 0.29) is 0 Å². The van der Waals surface area contributed by atoms with Crippen molar-refractivity contribution < 1.29 is 0 Å². The summed E-state index contributed by atoms with van der Waals surface area (Å²) in [6, 6.07) is 0. The van der Waals surface area contributed by atoms with Gasteiger partial charge in [0.05, 0.1) is 0 Å². The zero-order valence-corrected chi connectivity index (χ0v) is 8.81. The van der Waals surface area contributed by atoms with Gasteiger partial charge in [-0.05, 0) is 45.4 Å². The van der Waals surface area contributed by atoms with Crippen LogP contribution in [0.1, 0.15) is 51.9 Å². The van der Waals surface area contributed by atoms with Crippen LogP contribution in [0.3, 0.4) is 0 Å². The van der Waals surface area contributed by atoms with Crippen LogP contribution in [-0.4, -0.2) is 18.0 Å². The molecule has 0 unspecified atom stereocenters. The Morgan fingerprint density at radius 1 is 0.846 bits per heavy atom. The predicted molar refractivity (Wildman–Crippen MR) is 56.6 cm³/mol. The van der Waals surface area contributed by atoms with Gasteiger partial charge in [0.1, 0.15) is 0 Å². The largest absolute Gasteiger partial charge is 0.375 e. The topological polar surface area (TPSA) is 3.24 Å². The van der Waals surface area contributed by atoms with Gasteiger partial charge in [-0.15, -0.1) is 0 Å². The van der Waals surface area contributed by atoms with Crippen LogP contribution in [0.2, 0.25) is 0 Å². The van der Waals surface area contributed by atoms with Crippen LogP contribution < -0.4 is 0 Å². The summed E-state index contributed by atoms with van der Waals surface area (Å²) >= 11 is 0. The zero-order valence-electron chi connectivity index (χ0n) is 8.81. The van der Waals surface area contributed by atoms with Crippen LogP contribution in [0.4, 0.5) is 0 Å². The van der Waals surface area contributed by atoms with Crippen molar-refractivity contribution in [1.82, 2.24) is 4.90 Å². The molecular formula is C12H21N. The van der Waals surface area contributed by atoms with Gasteiger partial charge in [0.25, 0.3) is 0 Å². The van der Waals surface area contributed by atoms with Crippen molar-refractivity contribution >= 4 is 0 Å². The SMILES string of the molecule is CC1=C(N2CCCC2)CCCCC1. The molecule has 0 atom stereocenters. The summed E-state index contributed by atoms with van der Waals surface area (Å²) in [6.45, 7) is 5.00. The first-order chi connectivity index (χ1) is 6.38. The molecule has 1 heteroatoms. The fourth-order valence-corrected chi connectivity index (χ4v) is 2.63. The molecule has 0 aromatic heterocycles. The van der Waals surface area contributed by atoms with Gasteiger partial charge in [-0.1, -0.05) is 12.0 Å². The second-order valence-corrected chi connectivity index (χ2v) is 4.48. The molecule has 1 heterocycles. The maximum Gasteiger partial charge on any atom is 0.0175 e. The Kier molecular flexibility index (Phi) is 2.92. The fourth-order valence-electron chi connectivity index (χ4n) is 2.63. The van der Waals surface area contributed by atoms with Crippen molar-refractivity contribution in [3.63, 3.8) is 0 Å². The van der Waals surface area contributed by atoms with Gasteiger partial charge in [0, 0.05) is 18.8 Å². The molecule has 2 rings (SSSR count). The van der Waals surface area contributed by atoms with Crippen molar-refractivity contribution in [2.45, 2.75) is 51.9 Å². The first-order valence-electron chi connectivity index (χ1n) is 5.81. The molecule has 0 aromatic rings. The van der Waals surface area contributed by atoms with Crippen molar-refractivity contribution in [2.75, 3.05) is 13.1 Å². The highest BCUT2D eigenvalue weighted by atomic mass is 15.1. The minimum atomic E-state index is 1.33. The van der Waals surface area contributed by atoms with Gasteiger partial charge in [-0.3, -0.25) is 0 Å². The minimum Gasteiger partial charge on any atom is -0.375 e. The summed E-state index contributed by atoms with van der Waals surface area (Å²) in [4.78, 5) is 2.64. The van der Waals surface area contributed by atoms with E-state index in [0.29, 0.717) is 0 Å². The van der Waals surface area contributed by atoms with Gasteiger partial charge in [0.2, 0.25) is 0 Å². The highest BCUT2D eigenvalue weighted by molar-refractivity contribution is 5.13. The highest BCUT2D eigenvalue weighted by Gasteiger charge is 2.17. The first kappa shape index (κ1) is 9.11. The molecule has 0 bridgehead atoms. The Morgan fingerprint density at radius 2 is 1.54 bits per heavy atom. The average Bonchev–Trinajstić information content (AvgIpc) is 2.56. The van der Waals surface area contributed by atoms with E-state index >= 15 is 0 Å². The predicted octanol–water partition coefficient (Wildman–Crippen LogP) is 3.32. The maximum absolute atomic E-state index is 2.64. The number of hydrogen-bond donors (Lipinski definition) is 0. The maximum atomic E-state index is 2.64. The van der Waals surface area contributed by atoms with E-state index in [1.165, 1.54) is 58.0 Å². The van der Waals surface area contributed by atoms with Crippen LogP contribution in [0.15, 0.2) is 11.3 Å². The van der Waals surface area contributed by atoms with E-state index in [0.717, 1.165) is 0 Å². The van der Waals surface area contributed by atoms with E-state index in [4.69, 9.17) is 0 Å². The third-order valence-corrected chi connectivity index (χ3v) is 3.45. The summed E-state index contributed by atoms with van der Waals surface area (Å²) in [5.41, 5.74) is 3.38. The molecule has 0 N–H and O–H groups in total. The third-order valence-electron chi connectivity index (χ3n) is 3.45. The Hall–Kier alpha value is -0.460. The van der Waals surface area contributed by atoms with Crippen molar-refractivity contribution in [1.29, 1.82) is 0 Å². The Morgan fingerprint density at radius 3 is 2.31 bits per heavy atom. The van der Waals surface area contributed by atoms with Gasteiger partial charge in [-0.25, -0.2) is 0 Å². The molecule has 1 aliphatic carbocycles. The lowest BCUT2D eigenvalue weighted by atomic mass is 10.1. The van der Waals surface area contributed by atoms with Crippen molar-refractivity contribution in [3.05, 3.63) is 11.3 Å². The van der Waals surface area contributed by atoms with E-state index in [1.54, 1.807) is 11.3 Å². The smallest absolute Gasteiger partial charge is 0.0175 e. The number of likely N-dealkylation sites (tertiary alicyclic amines) is 1. The quantitative estimate of drug-likeness (QED) is 0.597. The lowest BCUT2D eigenvalue weighted by molar-refractivity contribution is 0.402. The van der Waals surface area contributed by atoms with Crippen LogP contribution in [0.25, 0.3) is 0 Å². The van der Waals surface area contributed by atoms with E-state index < -0.39 is 0 Å². The average molecular weight is 179 g/mol. The fraction of sp³-hybridized carbons (Fsp3) is 0.833. The minimum absolute atomic E-state index is 1.33. The normalized spacial score (nSPS) is 25.2. The molecule has 0 spiro atoms. The van der Waals surface area contributed by atoms with Crippen LogP contribution >= 0.6 is 0 Å². The Bertz CT molecular complexity index is 199. The molecule has 1 aliphatic heterocycles. The van der Waals surface area contributed by atoms with E-state index in [1.807, 2.05) is 0 Å². The highest BCUT2D eigenvalue weighted by Crippen LogP contribution is 2.28. The Labute approximate surface area is 81.8 Å². The third kappa shape index (κ3) is 2.07. The second-order valence-electron chi connectivity index (χ2n) is 4.48. The summed E-state index contributed by atoms with van der Waals surface area (Å²) in [7, 11) is 0. The molecule has 0 saturated carbocycles. The van der Waals surface area contributed by atoms with Crippen LogP contribution in [0.5, 0.6) is 0 Å². The zero-order chi connectivity index (χ0) is 9.10. The lowest BCUT2D eigenvalue weighted by Crippen LogP contribution is -2.19. The number of allylic oxidation sites excluding steroid dienone is 2. The number of hydrogen-bond acceptors (Lipinski definition) is 1. The molecule has 1 nitrogen and oxygen atoms in total. The molecule has 74 valence electrons.